The highest BCUT2D eigenvalue weighted by Gasteiger charge is 2.40. The van der Waals surface area contributed by atoms with Crippen LogP contribution < -0.4 is 5.32 Å². The standard InChI is InChI=1S/C26H26F3N5/c1-33-17-32-24-7-6-19(11-25(24)33)21-10-23(14-30-12-21)31-13-22(26(27,28)29)16-34-9-8-18-4-2-3-5-20(18)15-34/h2-7,10-12,14,17,22,31H,8-9,13,15-16H2,1H3. The van der Waals surface area contributed by atoms with Gasteiger partial charge < -0.3 is 9.88 Å². The Morgan fingerprint density at radius 1 is 1.03 bits per heavy atom. The Morgan fingerprint density at radius 3 is 2.68 bits per heavy atom. The summed E-state index contributed by atoms with van der Waals surface area (Å²) in [5.41, 5.74) is 6.56. The van der Waals surface area contributed by atoms with Gasteiger partial charge in [0.1, 0.15) is 0 Å². The van der Waals surface area contributed by atoms with Crippen LogP contribution in [0.15, 0.2) is 67.3 Å². The highest BCUT2D eigenvalue weighted by molar-refractivity contribution is 5.82. The molecule has 5 rings (SSSR count). The van der Waals surface area contributed by atoms with Crippen LogP contribution in [-0.4, -0.2) is 45.2 Å². The number of pyridine rings is 1. The van der Waals surface area contributed by atoms with Gasteiger partial charge in [-0.05, 0) is 41.3 Å². The lowest BCUT2D eigenvalue weighted by Gasteiger charge is -2.32. The Balaban J connectivity index is 1.29. The average Bonchev–Trinajstić information content (AvgIpc) is 3.21. The summed E-state index contributed by atoms with van der Waals surface area (Å²) >= 11 is 0. The van der Waals surface area contributed by atoms with Crippen LogP contribution in [0.4, 0.5) is 18.9 Å². The summed E-state index contributed by atoms with van der Waals surface area (Å²) in [7, 11) is 1.92. The summed E-state index contributed by atoms with van der Waals surface area (Å²) in [6.07, 6.45) is 1.52. The van der Waals surface area contributed by atoms with Gasteiger partial charge in [-0.1, -0.05) is 30.3 Å². The third-order valence-corrected chi connectivity index (χ3v) is 6.50. The van der Waals surface area contributed by atoms with Gasteiger partial charge in [0.25, 0.3) is 0 Å². The first-order chi connectivity index (χ1) is 16.4. The van der Waals surface area contributed by atoms with Crippen molar-refractivity contribution in [3.05, 3.63) is 78.4 Å². The minimum absolute atomic E-state index is 0.0326. The number of nitrogens with zero attached hydrogens (tertiary/aromatic N) is 4. The van der Waals surface area contributed by atoms with Crippen LogP contribution in [0.3, 0.4) is 0 Å². The molecule has 0 saturated carbocycles. The molecule has 1 aliphatic heterocycles. The van der Waals surface area contributed by atoms with Crippen molar-refractivity contribution in [2.24, 2.45) is 13.0 Å². The normalized spacial score (nSPS) is 15.3. The number of anilines is 1. The zero-order chi connectivity index (χ0) is 23.7. The lowest BCUT2D eigenvalue weighted by Crippen LogP contribution is -2.42. The number of benzene rings is 2. The molecular weight excluding hydrogens is 439 g/mol. The second-order valence-electron chi connectivity index (χ2n) is 8.89. The predicted octanol–water partition coefficient (Wildman–Crippen LogP) is 5.28. The quantitative estimate of drug-likeness (QED) is 0.421. The maximum atomic E-state index is 13.9. The number of hydrogen-bond acceptors (Lipinski definition) is 4. The number of alkyl halides is 3. The van der Waals surface area contributed by atoms with E-state index in [1.165, 1.54) is 5.56 Å². The second kappa shape index (κ2) is 9.10. The third kappa shape index (κ3) is 4.77. The smallest absolute Gasteiger partial charge is 0.383 e. The van der Waals surface area contributed by atoms with Crippen molar-refractivity contribution in [3.63, 3.8) is 0 Å². The highest BCUT2D eigenvalue weighted by Crippen LogP contribution is 2.30. The fourth-order valence-corrected chi connectivity index (χ4v) is 4.55. The van der Waals surface area contributed by atoms with Crippen molar-refractivity contribution in [2.45, 2.75) is 19.1 Å². The van der Waals surface area contributed by atoms with Gasteiger partial charge in [-0.15, -0.1) is 0 Å². The zero-order valence-corrected chi connectivity index (χ0v) is 18.9. The maximum Gasteiger partial charge on any atom is 0.394 e. The molecule has 3 heterocycles. The number of hydrogen-bond donors (Lipinski definition) is 1. The molecule has 1 unspecified atom stereocenters. The van der Waals surface area contributed by atoms with E-state index in [0.717, 1.165) is 34.1 Å². The van der Waals surface area contributed by atoms with Gasteiger partial charge in [0.2, 0.25) is 0 Å². The second-order valence-corrected chi connectivity index (χ2v) is 8.89. The molecule has 0 aliphatic carbocycles. The van der Waals surface area contributed by atoms with Gasteiger partial charge in [0.15, 0.2) is 0 Å². The summed E-state index contributed by atoms with van der Waals surface area (Å²) in [6, 6.07) is 15.7. The molecule has 8 heteroatoms. The number of imidazole rings is 1. The van der Waals surface area contributed by atoms with E-state index in [4.69, 9.17) is 0 Å². The van der Waals surface area contributed by atoms with E-state index in [2.05, 4.69) is 21.4 Å². The fraction of sp³-hybridized carbons (Fsp3) is 0.308. The van der Waals surface area contributed by atoms with Crippen LogP contribution in [-0.2, 0) is 20.0 Å². The molecule has 1 aliphatic rings. The van der Waals surface area contributed by atoms with Gasteiger partial charge in [-0.2, -0.15) is 13.2 Å². The monoisotopic (exact) mass is 465 g/mol. The molecule has 1 N–H and O–H groups in total. The summed E-state index contributed by atoms with van der Waals surface area (Å²) in [5, 5.41) is 2.99. The highest BCUT2D eigenvalue weighted by atomic mass is 19.4. The van der Waals surface area contributed by atoms with Gasteiger partial charge in [-0.3, -0.25) is 9.88 Å². The Bertz CT molecular complexity index is 1300. The molecule has 0 radical (unpaired) electrons. The molecule has 5 nitrogen and oxygen atoms in total. The number of nitrogens with one attached hydrogen (secondary N) is 1. The van der Waals surface area contributed by atoms with Gasteiger partial charge >= 0.3 is 6.18 Å². The summed E-state index contributed by atoms with van der Waals surface area (Å²) in [6.45, 7) is 0.954. The topological polar surface area (TPSA) is 46.0 Å². The fourth-order valence-electron chi connectivity index (χ4n) is 4.55. The number of rotatable bonds is 6. The van der Waals surface area contributed by atoms with Crippen LogP contribution in [0.5, 0.6) is 0 Å². The van der Waals surface area contributed by atoms with Crippen molar-refractivity contribution >= 4 is 16.7 Å². The van der Waals surface area contributed by atoms with Crippen molar-refractivity contribution in [1.29, 1.82) is 0 Å². The third-order valence-electron chi connectivity index (χ3n) is 6.50. The lowest BCUT2D eigenvalue weighted by molar-refractivity contribution is -0.175. The van der Waals surface area contributed by atoms with E-state index >= 15 is 0 Å². The lowest BCUT2D eigenvalue weighted by atomic mass is 9.98. The molecule has 2 aromatic heterocycles. The predicted molar refractivity (Wildman–Crippen MR) is 127 cm³/mol. The number of fused-ring (bicyclic) bond motifs is 2. The summed E-state index contributed by atoms with van der Waals surface area (Å²) in [5.74, 6) is -1.48. The molecule has 176 valence electrons. The van der Waals surface area contributed by atoms with Crippen LogP contribution in [0.25, 0.3) is 22.2 Å². The molecule has 0 fully saturated rings. The zero-order valence-electron chi connectivity index (χ0n) is 18.9. The Hall–Kier alpha value is -3.39. The summed E-state index contributed by atoms with van der Waals surface area (Å²) in [4.78, 5) is 10.5. The maximum absolute atomic E-state index is 13.9. The Kier molecular flexibility index (Phi) is 6.00. The minimum Gasteiger partial charge on any atom is -0.383 e. The van der Waals surface area contributed by atoms with E-state index in [1.807, 2.05) is 59.0 Å². The molecule has 34 heavy (non-hydrogen) atoms. The van der Waals surface area contributed by atoms with E-state index in [9.17, 15) is 13.2 Å². The van der Waals surface area contributed by atoms with Gasteiger partial charge in [-0.25, -0.2) is 4.98 Å². The summed E-state index contributed by atoms with van der Waals surface area (Å²) < 4.78 is 43.6. The van der Waals surface area contributed by atoms with Crippen molar-refractivity contribution < 1.29 is 13.2 Å². The Morgan fingerprint density at radius 2 is 1.85 bits per heavy atom. The number of aryl methyl sites for hydroxylation is 1. The first-order valence-electron chi connectivity index (χ1n) is 11.3. The molecule has 0 amide bonds. The number of halogens is 3. The van der Waals surface area contributed by atoms with Crippen molar-refractivity contribution in [3.8, 4) is 11.1 Å². The van der Waals surface area contributed by atoms with Crippen LogP contribution in [0.2, 0.25) is 0 Å². The SMILES string of the molecule is Cn1cnc2ccc(-c3cncc(NCC(CN4CCc5ccccc5C4)C(F)(F)F)c3)cc21. The molecular formula is C26H26F3N5. The molecule has 1 atom stereocenters. The van der Waals surface area contributed by atoms with Crippen LogP contribution in [0, 0.1) is 5.92 Å². The van der Waals surface area contributed by atoms with Crippen molar-refractivity contribution in [1.82, 2.24) is 19.4 Å². The largest absolute Gasteiger partial charge is 0.394 e. The van der Waals surface area contributed by atoms with Crippen molar-refractivity contribution in [2.75, 3.05) is 25.0 Å². The van der Waals surface area contributed by atoms with E-state index in [1.54, 1.807) is 18.7 Å². The van der Waals surface area contributed by atoms with Crippen LogP contribution >= 0.6 is 0 Å². The van der Waals surface area contributed by atoms with E-state index in [0.29, 0.717) is 18.8 Å². The molecule has 4 aromatic rings. The molecule has 2 aromatic carbocycles. The Labute approximate surface area is 196 Å². The van der Waals surface area contributed by atoms with Crippen LogP contribution in [0.1, 0.15) is 11.1 Å². The van der Waals surface area contributed by atoms with E-state index < -0.39 is 12.1 Å². The molecule has 0 spiro atoms. The first kappa shape index (κ1) is 22.4. The average molecular weight is 466 g/mol. The first-order valence-corrected chi connectivity index (χ1v) is 11.3. The molecule has 0 saturated heterocycles. The van der Waals surface area contributed by atoms with Gasteiger partial charge in [0.05, 0.1) is 29.0 Å². The number of aromatic nitrogens is 3. The van der Waals surface area contributed by atoms with E-state index in [-0.39, 0.29) is 13.1 Å². The van der Waals surface area contributed by atoms with Gasteiger partial charge in [0, 0.05) is 51.2 Å². The molecule has 0 bridgehead atoms. The minimum atomic E-state index is -4.29.